The Balaban J connectivity index is 1.89. The van der Waals surface area contributed by atoms with Crippen LogP contribution in [0.3, 0.4) is 0 Å². The molecule has 7 heteroatoms. The van der Waals surface area contributed by atoms with Crippen molar-refractivity contribution in [3.05, 3.63) is 27.9 Å². The molecule has 0 aromatic carbocycles. The molecular formula is C15H20N4O3. The van der Waals surface area contributed by atoms with Gasteiger partial charge < -0.3 is 10.4 Å². The van der Waals surface area contributed by atoms with Gasteiger partial charge in [-0.25, -0.2) is 4.98 Å². The number of hydrogen-bond donors (Lipinski definition) is 2. The van der Waals surface area contributed by atoms with Gasteiger partial charge in [0, 0.05) is 12.7 Å². The van der Waals surface area contributed by atoms with E-state index in [0.717, 1.165) is 38.5 Å². The van der Waals surface area contributed by atoms with Crippen molar-refractivity contribution in [3.63, 3.8) is 0 Å². The smallest absolute Gasteiger partial charge is 0.328 e. The van der Waals surface area contributed by atoms with E-state index in [4.69, 9.17) is 5.26 Å². The van der Waals surface area contributed by atoms with Crippen LogP contribution in [0.4, 0.5) is 11.5 Å². The summed E-state index contributed by atoms with van der Waals surface area (Å²) < 4.78 is 0. The number of aliphatic hydroxyl groups excluding tert-OH is 1. The second kappa shape index (κ2) is 7.71. The lowest BCUT2D eigenvalue weighted by Gasteiger charge is -2.27. The van der Waals surface area contributed by atoms with E-state index in [9.17, 15) is 15.2 Å². The maximum atomic E-state index is 11.1. The molecule has 0 aliphatic heterocycles. The molecule has 0 amide bonds. The molecule has 1 aromatic heterocycles. The number of anilines is 1. The number of nitrogens with one attached hydrogen (secondary N) is 1. The molecule has 118 valence electrons. The summed E-state index contributed by atoms with van der Waals surface area (Å²) in [5.41, 5.74) is -0.270. The Morgan fingerprint density at radius 1 is 1.50 bits per heavy atom. The third-order valence-electron chi connectivity index (χ3n) is 4.14. The minimum Gasteiger partial charge on any atom is -0.393 e. The summed E-state index contributed by atoms with van der Waals surface area (Å²) in [6, 6.07) is 3.15. The van der Waals surface area contributed by atoms with Crippen molar-refractivity contribution in [1.82, 2.24) is 4.98 Å². The fourth-order valence-electron chi connectivity index (χ4n) is 2.95. The second-order valence-corrected chi connectivity index (χ2v) is 5.61. The van der Waals surface area contributed by atoms with Crippen molar-refractivity contribution in [2.75, 3.05) is 11.9 Å². The average Bonchev–Trinajstić information content (AvgIpc) is 2.52. The zero-order valence-corrected chi connectivity index (χ0v) is 12.4. The number of aromatic nitrogens is 1. The number of nitro groups is 1. The molecule has 0 spiro atoms. The quantitative estimate of drug-likeness (QED) is 0.474. The van der Waals surface area contributed by atoms with Crippen molar-refractivity contribution < 1.29 is 10.0 Å². The molecule has 1 heterocycles. The third-order valence-corrected chi connectivity index (χ3v) is 4.14. The van der Waals surface area contributed by atoms with Gasteiger partial charge in [-0.1, -0.05) is 12.8 Å². The topological polar surface area (TPSA) is 112 Å². The predicted octanol–water partition coefficient (Wildman–Crippen LogP) is 2.60. The normalized spacial score (nSPS) is 21.1. The monoisotopic (exact) mass is 304 g/mol. The summed E-state index contributed by atoms with van der Waals surface area (Å²) in [7, 11) is 0. The van der Waals surface area contributed by atoms with Gasteiger partial charge in [0.2, 0.25) is 5.82 Å². The van der Waals surface area contributed by atoms with E-state index in [0.29, 0.717) is 12.5 Å². The van der Waals surface area contributed by atoms with Crippen LogP contribution in [-0.4, -0.2) is 27.7 Å². The molecule has 7 nitrogen and oxygen atoms in total. The number of nitrogens with zero attached hydrogens (tertiary/aromatic N) is 3. The molecule has 2 rings (SSSR count). The van der Waals surface area contributed by atoms with E-state index in [1.54, 1.807) is 0 Å². The number of nitriles is 1. The van der Waals surface area contributed by atoms with Crippen molar-refractivity contribution in [3.8, 4) is 6.07 Å². The van der Waals surface area contributed by atoms with Crippen molar-refractivity contribution in [2.45, 2.75) is 44.6 Å². The maximum Gasteiger partial charge on any atom is 0.328 e. The van der Waals surface area contributed by atoms with Gasteiger partial charge in [0.25, 0.3) is 0 Å². The summed E-state index contributed by atoms with van der Waals surface area (Å²) in [6.07, 6.45) is 7.02. The first-order valence-electron chi connectivity index (χ1n) is 7.59. The first-order chi connectivity index (χ1) is 10.6. The Morgan fingerprint density at radius 2 is 2.27 bits per heavy atom. The van der Waals surface area contributed by atoms with Crippen LogP contribution in [-0.2, 0) is 0 Å². The van der Waals surface area contributed by atoms with E-state index in [-0.39, 0.29) is 23.2 Å². The van der Waals surface area contributed by atoms with Crippen molar-refractivity contribution >= 4 is 11.5 Å². The van der Waals surface area contributed by atoms with E-state index < -0.39 is 4.92 Å². The Hall–Kier alpha value is -2.20. The summed E-state index contributed by atoms with van der Waals surface area (Å²) in [4.78, 5) is 14.4. The number of rotatable bonds is 6. The molecule has 1 saturated carbocycles. The van der Waals surface area contributed by atoms with E-state index in [1.807, 2.05) is 6.07 Å². The zero-order valence-electron chi connectivity index (χ0n) is 12.4. The lowest BCUT2D eigenvalue weighted by molar-refractivity contribution is -0.384. The van der Waals surface area contributed by atoms with E-state index in [2.05, 4.69) is 10.3 Å². The molecule has 1 aliphatic rings. The van der Waals surface area contributed by atoms with Gasteiger partial charge in [0.15, 0.2) is 0 Å². The van der Waals surface area contributed by atoms with E-state index >= 15 is 0 Å². The van der Waals surface area contributed by atoms with Gasteiger partial charge in [0.1, 0.15) is 11.6 Å². The van der Waals surface area contributed by atoms with Crippen molar-refractivity contribution in [2.24, 2.45) is 5.92 Å². The third kappa shape index (κ3) is 3.92. The van der Waals surface area contributed by atoms with Gasteiger partial charge in [-0.2, -0.15) is 5.26 Å². The highest BCUT2D eigenvalue weighted by molar-refractivity contribution is 5.63. The van der Waals surface area contributed by atoms with E-state index in [1.165, 1.54) is 12.3 Å². The van der Waals surface area contributed by atoms with Crippen LogP contribution in [0.1, 0.15) is 44.1 Å². The van der Waals surface area contributed by atoms with Gasteiger partial charge in [-0.3, -0.25) is 10.1 Å². The van der Waals surface area contributed by atoms with Gasteiger partial charge in [-0.15, -0.1) is 0 Å². The summed E-state index contributed by atoms with van der Waals surface area (Å²) in [6.45, 7) is 0.534. The molecule has 2 unspecified atom stereocenters. The Bertz CT molecular complexity index is 570. The van der Waals surface area contributed by atoms with Crippen LogP contribution in [0.15, 0.2) is 12.3 Å². The first kappa shape index (κ1) is 16.2. The minimum absolute atomic E-state index is 0.00482. The molecule has 22 heavy (non-hydrogen) atoms. The fourth-order valence-corrected chi connectivity index (χ4v) is 2.95. The van der Waals surface area contributed by atoms with Crippen LogP contribution in [0, 0.1) is 27.4 Å². The largest absolute Gasteiger partial charge is 0.393 e. The van der Waals surface area contributed by atoms with Crippen LogP contribution in [0.2, 0.25) is 0 Å². The summed E-state index contributed by atoms with van der Waals surface area (Å²) >= 11 is 0. The van der Waals surface area contributed by atoms with Crippen LogP contribution >= 0.6 is 0 Å². The molecule has 0 radical (unpaired) electrons. The second-order valence-electron chi connectivity index (χ2n) is 5.61. The number of hydrogen-bond acceptors (Lipinski definition) is 6. The van der Waals surface area contributed by atoms with Gasteiger partial charge in [-0.05, 0) is 37.7 Å². The number of aliphatic hydroxyl groups is 1. The Kier molecular flexibility index (Phi) is 5.67. The Labute approximate surface area is 129 Å². The SMILES string of the molecule is N#Cc1ccnc(NCCCC2CCCCC2O)c1[N+](=O)[O-]. The summed E-state index contributed by atoms with van der Waals surface area (Å²) in [5, 5.41) is 32.8. The highest BCUT2D eigenvalue weighted by atomic mass is 16.6. The Morgan fingerprint density at radius 3 is 2.95 bits per heavy atom. The predicted molar refractivity (Wildman–Crippen MR) is 81.3 cm³/mol. The fraction of sp³-hybridized carbons (Fsp3) is 0.600. The lowest BCUT2D eigenvalue weighted by Crippen LogP contribution is -2.24. The standard InChI is InChI=1S/C15H20N4O3/c16-10-12-7-9-18-15(14(12)19(21)22)17-8-3-5-11-4-1-2-6-13(11)20/h7,9,11,13,20H,1-6,8H2,(H,17,18). The molecular weight excluding hydrogens is 284 g/mol. The van der Waals surface area contributed by atoms with Crippen LogP contribution in [0.5, 0.6) is 0 Å². The minimum atomic E-state index is -0.585. The molecule has 1 aromatic rings. The van der Waals surface area contributed by atoms with Gasteiger partial charge in [0.05, 0.1) is 11.0 Å². The average molecular weight is 304 g/mol. The highest BCUT2D eigenvalue weighted by Crippen LogP contribution is 2.29. The van der Waals surface area contributed by atoms with Crippen molar-refractivity contribution in [1.29, 1.82) is 5.26 Å². The zero-order chi connectivity index (χ0) is 15.9. The molecule has 1 fully saturated rings. The molecule has 0 bridgehead atoms. The lowest BCUT2D eigenvalue weighted by atomic mass is 9.83. The maximum absolute atomic E-state index is 11.1. The molecule has 2 N–H and O–H groups in total. The molecule has 2 atom stereocenters. The van der Waals surface area contributed by atoms with Crippen LogP contribution < -0.4 is 5.32 Å². The molecule has 0 saturated heterocycles. The van der Waals surface area contributed by atoms with Gasteiger partial charge >= 0.3 is 5.69 Å². The van der Waals surface area contributed by atoms with Crippen LogP contribution in [0.25, 0.3) is 0 Å². The molecule has 1 aliphatic carbocycles. The highest BCUT2D eigenvalue weighted by Gasteiger charge is 2.23. The number of pyridine rings is 1. The summed E-state index contributed by atoms with van der Waals surface area (Å²) in [5.74, 6) is 0.456. The first-order valence-corrected chi connectivity index (χ1v) is 7.59.